The van der Waals surface area contributed by atoms with E-state index in [9.17, 15) is 22.8 Å². The molecule has 0 bridgehead atoms. The van der Waals surface area contributed by atoms with Crippen LogP contribution >= 0.6 is 0 Å². The Labute approximate surface area is 108 Å². The van der Waals surface area contributed by atoms with E-state index in [1.165, 1.54) is 0 Å². The first-order valence-electron chi connectivity index (χ1n) is 5.26. The van der Waals surface area contributed by atoms with Gasteiger partial charge in [0.05, 0.1) is 0 Å². The van der Waals surface area contributed by atoms with E-state index < -0.39 is 42.0 Å². The van der Waals surface area contributed by atoms with Gasteiger partial charge in [-0.1, -0.05) is 6.92 Å². The van der Waals surface area contributed by atoms with Crippen LogP contribution in [-0.4, -0.2) is 46.3 Å². The van der Waals surface area contributed by atoms with Crippen LogP contribution < -0.4 is 11.5 Å². The molecule has 3 atom stereocenters. The van der Waals surface area contributed by atoms with Crippen molar-refractivity contribution in [2.24, 2.45) is 17.4 Å². The van der Waals surface area contributed by atoms with Crippen molar-refractivity contribution in [1.82, 2.24) is 0 Å². The summed E-state index contributed by atoms with van der Waals surface area (Å²) in [5, 5.41) is 16.3. The number of carboxylic acid groups (broad SMARTS) is 2. The molecule has 0 fully saturated rings. The number of hydrogen-bond donors (Lipinski definition) is 4. The third-order valence-electron chi connectivity index (χ3n) is 2.25. The molecular formula is C10H19F3N2O4. The van der Waals surface area contributed by atoms with Crippen molar-refractivity contribution in [2.45, 2.75) is 44.9 Å². The lowest BCUT2D eigenvalue weighted by atomic mass is 10.0. The number of carbonyl (C=O) groups is 2. The molecule has 0 saturated carbocycles. The fourth-order valence-electron chi connectivity index (χ4n) is 0.675. The van der Waals surface area contributed by atoms with E-state index in [0.29, 0.717) is 0 Å². The topological polar surface area (TPSA) is 127 Å². The molecule has 0 rings (SSSR count). The van der Waals surface area contributed by atoms with E-state index >= 15 is 0 Å². The number of carboxylic acids is 2. The highest BCUT2D eigenvalue weighted by atomic mass is 19.3. The Hall–Kier alpha value is -1.35. The molecule has 0 aromatic heterocycles. The van der Waals surface area contributed by atoms with Gasteiger partial charge in [-0.25, -0.2) is 13.2 Å². The van der Waals surface area contributed by atoms with Crippen molar-refractivity contribution in [2.75, 3.05) is 0 Å². The van der Waals surface area contributed by atoms with Gasteiger partial charge in [0, 0.05) is 5.92 Å². The summed E-state index contributed by atoms with van der Waals surface area (Å²) in [6.07, 6.45) is -2.67. The zero-order valence-corrected chi connectivity index (χ0v) is 10.8. The van der Waals surface area contributed by atoms with Gasteiger partial charge in [-0.15, -0.1) is 0 Å². The van der Waals surface area contributed by atoms with Crippen LogP contribution in [0.15, 0.2) is 0 Å². The van der Waals surface area contributed by atoms with Gasteiger partial charge in [0.25, 0.3) is 0 Å². The zero-order valence-electron chi connectivity index (χ0n) is 10.8. The fraction of sp³-hybridized carbons (Fsp3) is 0.800. The Bertz CT molecular complexity index is 308. The summed E-state index contributed by atoms with van der Waals surface area (Å²) >= 11 is 0. The Balaban J connectivity index is 0. The molecule has 0 radical (unpaired) electrons. The van der Waals surface area contributed by atoms with E-state index in [0.717, 1.165) is 20.8 Å². The molecule has 0 aromatic rings. The van der Waals surface area contributed by atoms with Crippen molar-refractivity contribution in [3.8, 4) is 0 Å². The van der Waals surface area contributed by atoms with Crippen LogP contribution in [-0.2, 0) is 9.59 Å². The molecule has 0 amide bonds. The van der Waals surface area contributed by atoms with Gasteiger partial charge >= 0.3 is 11.9 Å². The second-order valence-corrected chi connectivity index (χ2v) is 4.44. The predicted octanol–water partition coefficient (Wildman–Crippen LogP) is 0.446. The van der Waals surface area contributed by atoms with Gasteiger partial charge < -0.3 is 21.7 Å². The van der Waals surface area contributed by atoms with Crippen LogP contribution in [0.4, 0.5) is 13.2 Å². The van der Waals surface area contributed by atoms with Gasteiger partial charge in [0.1, 0.15) is 17.8 Å². The summed E-state index contributed by atoms with van der Waals surface area (Å²) in [4.78, 5) is 20.0. The average molecular weight is 288 g/mol. The minimum Gasteiger partial charge on any atom is -0.480 e. The fourth-order valence-corrected chi connectivity index (χ4v) is 0.675. The van der Waals surface area contributed by atoms with Crippen molar-refractivity contribution < 1.29 is 33.0 Å². The Morgan fingerprint density at radius 2 is 1.47 bits per heavy atom. The van der Waals surface area contributed by atoms with E-state index in [2.05, 4.69) is 0 Å². The summed E-state index contributed by atoms with van der Waals surface area (Å²) in [6.45, 7) is 3.36. The molecule has 0 aliphatic rings. The van der Waals surface area contributed by atoms with Crippen molar-refractivity contribution in [1.29, 1.82) is 0 Å². The summed E-state index contributed by atoms with van der Waals surface area (Å²) in [5.41, 5.74) is 7.96. The maximum absolute atomic E-state index is 12.5. The predicted molar refractivity (Wildman–Crippen MR) is 61.6 cm³/mol. The summed E-state index contributed by atoms with van der Waals surface area (Å²) in [7, 11) is 0. The second-order valence-electron chi connectivity index (χ2n) is 4.44. The largest absolute Gasteiger partial charge is 0.480 e. The summed E-state index contributed by atoms with van der Waals surface area (Å²) < 4.78 is 35.9. The number of halogens is 3. The lowest BCUT2D eigenvalue weighted by Gasteiger charge is -2.17. The Morgan fingerprint density at radius 3 is 1.53 bits per heavy atom. The quantitative estimate of drug-likeness (QED) is 0.581. The van der Waals surface area contributed by atoms with E-state index in [1.807, 2.05) is 0 Å². The van der Waals surface area contributed by atoms with Crippen LogP contribution in [0.3, 0.4) is 0 Å². The van der Waals surface area contributed by atoms with Crippen LogP contribution in [0.5, 0.6) is 0 Å². The SMILES string of the molecule is CC(C(F)F)C(N)C(=O)O.CC(C)(F)[C@H](N)C(=O)O. The maximum atomic E-state index is 12.5. The minimum absolute atomic E-state index is 1.10. The smallest absolute Gasteiger partial charge is 0.323 e. The number of aliphatic carboxylic acids is 2. The molecule has 114 valence electrons. The summed E-state index contributed by atoms with van der Waals surface area (Å²) in [5.74, 6) is -4.01. The Kier molecular flexibility index (Phi) is 8.36. The first kappa shape index (κ1) is 20.0. The van der Waals surface area contributed by atoms with Gasteiger partial charge in [-0.2, -0.15) is 0 Å². The van der Waals surface area contributed by atoms with Crippen LogP contribution in [0, 0.1) is 5.92 Å². The number of hydrogen-bond acceptors (Lipinski definition) is 4. The van der Waals surface area contributed by atoms with Crippen LogP contribution in [0.25, 0.3) is 0 Å². The number of rotatable bonds is 5. The van der Waals surface area contributed by atoms with E-state index in [1.54, 1.807) is 0 Å². The first-order valence-corrected chi connectivity index (χ1v) is 5.26. The standard InChI is InChI=1S/C5H9F2NO2.C5H10FNO2/c1-2(4(6)7)3(8)5(9)10;1-5(2,6)3(7)4(8)9/h2-4H,8H2,1H3,(H,9,10);3H,7H2,1-2H3,(H,8,9)/t;3-/m.1/s1. The highest BCUT2D eigenvalue weighted by Gasteiger charge is 2.31. The van der Waals surface area contributed by atoms with E-state index in [4.69, 9.17) is 21.7 Å². The number of nitrogens with two attached hydrogens (primary N) is 2. The van der Waals surface area contributed by atoms with Crippen LogP contribution in [0.2, 0.25) is 0 Å². The lowest BCUT2D eigenvalue weighted by molar-refractivity contribution is -0.142. The molecule has 0 aliphatic heterocycles. The highest BCUT2D eigenvalue weighted by molar-refractivity contribution is 5.74. The molecule has 0 aromatic carbocycles. The van der Waals surface area contributed by atoms with Gasteiger partial charge in [0.2, 0.25) is 6.43 Å². The summed E-state index contributed by atoms with van der Waals surface area (Å²) in [6, 6.07) is -2.91. The van der Waals surface area contributed by atoms with Crippen molar-refractivity contribution >= 4 is 11.9 Å². The normalized spacial score (nSPS) is 16.1. The monoisotopic (exact) mass is 288 g/mol. The molecule has 6 N–H and O–H groups in total. The first-order chi connectivity index (χ1) is 8.32. The third kappa shape index (κ3) is 8.38. The lowest BCUT2D eigenvalue weighted by Crippen LogP contribution is -2.45. The van der Waals surface area contributed by atoms with Crippen molar-refractivity contribution in [3.05, 3.63) is 0 Å². The zero-order chi connectivity index (χ0) is 16.0. The second kappa shape index (κ2) is 7.95. The maximum Gasteiger partial charge on any atom is 0.323 e. The molecule has 9 heteroatoms. The van der Waals surface area contributed by atoms with Crippen LogP contribution in [0.1, 0.15) is 20.8 Å². The molecule has 0 heterocycles. The molecule has 0 spiro atoms. The Morgan fingerprint density at radius 1 is 1.11 bits per heavy atom. The van der Waals surface area contributed by atoms with Gasteiger partial charge in [-0.3, -0.25) is 9.59 Å². The molecule has 0 aliphatic carbocycles. The minimum atomic E-state index is -2.67. The van der Waals surface area contributed by atoms with Crippen molar-refractivity contribution in [3.63, 3.8) is 0 Å². The van der Waals surface area contributed by atoms with Gasteiger partial charge in [0.15, 0.2) is 0 Å². The molecule has 0 saturated heterocycles. The highest BCUT2D eigenvalue weighted by Crippen LogP contribution is 2.12. The average Bonchev–Trinajstić information content (AvgIpc) is 2.25. The number of alkyl halides is 3. The molecular weight excluding hydrogens is 269 g/mol. The van der Waals surface area contributed by atoms with Gasteiger partial charge in [-0.05, 0) is 13.8 Å². The molecule has 6 nitrogen and oxygen atoms in total. The molecule has 19 heavy (non-hydrogen) atoms. The van der Waals surface area contributed by atoms with E-state index in [-0.39, 0.29) is 0 Å². The third-order valence-corrected chi connectivity index (χ3v) is 2.25. The molecule has 2 unspecified atom stereocenters.